The topological polar surface area (TPSA) is 35.2 Å². The molecule has 0 spiro atoms. The molecule has 0 saturated heterocycles. The van der Waals surface area contributed by atoms with Crippen LogP contribution in [-0.4, -0.2) is 12.6 Å². The summed E-state index contributed by atoms with van der Waals surface area (Å²) in [4.78, 5) is 0. The number of rotatable bonds is 8. The molecule has 2 N–H and O–H groups in total. The van der Waals surface area contributed by atoms with Gasteiger partial charge >= 0.3 is 0 Å². The maximum atomic E-state index is 6.01. The molecule has 0 radical (unpaired) electrons. The molecule has 2 unspecified atom stereocenters. The SMILES string of the molecule is CCCOc1ccc(C(C)(C)C)cc1C(CC)CCC(C)N. The van der Waals surface area contributed by atoms with Gasteiger partial charge in [0.1, 0.15) is 5.75 Å². The van der Waals surface area contributed by atoms with Crippen LogP contribution in [0.1, 0.15) is 84.3 Å². The van der Waals surface area contributed by atoms with Crippen molar-refractivity contribution in [3.63, 3.8) is 0 Å². The molecule has 0 saturated carbocycles. The van der Waals surface area contributed by atoms with Gasteiger partial charge in [0.2, 0.25) is 0 Å². The smallest absolute Gasteiger partial charge is 0.122 e. The lowest BCUT2D eigenvalue weighted by Gasteiger charge is -2.25. The first kappa shape index (κ1) is 19.0. The second kappa shape index (κ2) is 8.57. The Bertz CT molecular complexity index is 446. The number of nitrogens with two attached hydrogens (primary N) is 1. The van der Waals surface area contributed by atoms with E-state index in [1.807, 2.05) is 0 Å². The number of hydrogen-bond acceptors (Lipinski definition) is 2. The van der Waals surface area contributed by atoms with Gasteiger partial charge in [-0.2, -0.15) is 0 Å². The first-order valence-electron chi connectivity index (χ1n) is 8.82. The molecule has 22 heavy (non-hydrogen) atoms. The summed E-state index contributed by atoms with van der Waals surface area (Å²) in [5.41, 5.74) is 8.87. The Morgan fingerprint density at radius 1 is 1.14 bits per heavy atom. The van der Waals surface area contributed by atoms with E-state index in [0.29, 0.717) is 5.92 Å². The highest BCUT2D eigenvalue weighted by Crippen LogP contribution is 2.36. The van der Waals surface area contributed by atoms with E-state index in [1.165, 1.54) is 11.1 Å². The molecular formula is C20H35NO. The molecule has 126 valence electrons. The highest BCUT2D eigenvalue weighted by atomic mass is 16.5. The summed E-state index contributed by atoms with van der Waals surface area (Å²) in [7, 11) is 0. The minimum absolute atomic E-state index is 0.164. The molecule has 0 heterocycles. The Morgan fingerprint density at radius 2 is 1.82 bits per heavy atom. The van der Waals surface area contributed by atoms with Gasteiger partial charge in [-0.3, -0.25) is 0 Å². The lowest BCUT2D eigenvalue weighted by Crippen LogP contribution is -2.17. The molecule has 0 aliphatic carbocycles. The lowest BCUT2D eigenvalue weighted by molar-refractivity contribution is 0.310. The van der Waals surface area contributed by atoms with Crippen LogP contribution in [0.25, 0.3) is 0 Å². The molecule has 1 aromatic carbocycles. The fourth-order valence-corrected chi connectivity index (χ4v) is 2.72. The maximum absolute atomic E-state index is 6.01. The first-order valence-corrected chi connectivity index (χ1v) is 8.82. The molecule has 2 atom stereocenters. The third-order valence-electron chi connectivity index (χ3n) is 4.24. The summed E-state index contributed by atoms with van der Waals surface area (Å²) >= 11 is 0. The van der Waals surface area contributed by atoms with E-state index in [0.717, 1.165) is 38.0 Å². The quantitative estimate of drug-likeness (QED) is 0.698. The Kier molecular flexibility index (Phi) is 7.41. The largest absolute Gasteiger partial charge is 0.493 e. The van der Waals surface area contributed by atoms with Crippen LogP contribution >= 0.6 is 0 Å². The summed E-state index contributed by atoms with van der Waals surface area (Å²) < 4.78 is 6.01. The molecular weight excluding hydrogens is 270 g/mol. The molecule has 0 fully saturated rings. The van der Waals surface area contributed by atoms with Crippen molar-refractivity contribution >= 4 is 0 Å². The number of benzene rings is 1. The zero-order chi connectivity index (χ0) is 16.8. The van der Waals surface area contributed by atoms with Crippen molar-refractivity contribution in [1.29, 1.82) is 0 Å². The summed E-state index contributed by atoms with van der Waals surface area (Å²) in [6.45, 7) is 14.1. The van der Waals surface area contributed by atoms with E-state index >= 15 is 0 Å². The van der Waals surface area contributed by atoms with Crippen molar-refractivity contribution in [3.05, 3.63) is 29.3 Å². The van der Waals surface area contributed by atoms with E-state index in [2.05, 4.69) is 59.7 Å². The van der Waals surface area contributed by atoms with E-state index < -0.39 is 0 Å². The Labute approximate surface area is 137 Å². The van der Waals surface area contributed by atoms with Gasteiger partial charge in [-0.05, 0) is 61.1 Å². The van der Waals surface area contributed by atoms with E-state index in [-0.39, 0.29) is 11.5 Å². The van der Waals surface area contributed by atoms with Gasteiger partial charge in [0.15, 0.2) is 0 Å². The summed E-state index contributed by atoms with van der Waals surface area (Å²) in [6.07, 6.45) is 4.36. The van der Waals surface area contributed by atoms with Crippen LogP contribution in [0.4, 0.5) is 0 Å². The van der Waals surface area contributed by atoms with Gasteiger partial charge in [-0.1, -0.05) is 46.8 Å². The average molecular weight is 306 g/mol. The highest BCUT2D eigenvalue weighted by Gasteiger charge is 2.20. The number of ether oxygens (including phenoxy) is 1. The highest BCUT2D eigenvalue weighted by molar-refractivity contribution is 5.42. The monoisotopic (exact) mass is 305 g/mol. The van der Waals surface area contributed by atoms with E-state index in [1.54, 1.807) is 0 Å². The van der Waals surface area contributed by atoms with Gasteiger partial charge < -0.3 is 10.5 Å². The average Bonchev–Trinajstić information content (AvgIpc) is 2.45. The molecule has 1 rings (SSSR count). The summed E-state index contributed by atoms with van der Waals surface area (Å²) in [5, 5.41) is 0. The zero-order valence-electron chi connectivity index (χ0n) is 15.4. The predicted octanol–water partition coefficient (Wildman–Crippen LogP) is 5.39. The van der Waals surface area contributed by atoms with Gasteiger partial charge in [-0.15, -0.1) is 0 Å². The van der Waals surface area contributed by atoms with Crippen LogP contribution in [0.2, 0.25) is 0 Å². The van der Waals surface area contributed by atoms with Crippen LogP contribution in [-0.2, 0) is 5.41 Å². The third kappa shape index (κ3) is 5.64. The molecule has 0 aliphatic rings. The van der Waals surface area contributed by atoms with Crippen molar-refractivity contribution in [2.45, 2.75) is 84.6 Å². The Balaban J connectivity index is 3.12. The second-order valence-electron chi connectivity index (χ2n) is 7.51. The number of hydrogen-bond donors (Lipinski definition) is 1. The van der Waals surface area contributed by atoms with Crippen LogP contribution in [0.5, 0.6) is 5.75 Å². The molecule has 0 aromatic heterocycles. The van der Waals surface area contributed by atoms with Crippen molar-refractivity contribution < 1.29 is 4.74 Å². The first-order chi connectivity index (χ1) is 10.3. The Morgan fingerprint density at radius 3 is 2.32 bits per heavy atom. The van der Waals surface area contributed by atoms with Gasteiger partial charge in [0.25, 0.3) is 0 Å². The molecule has 2 nitrogen and oxygen atoms in total. The molecule has 0 bridgehead atoms. The third-order valence-corrected chi connectivity index (χ3v) is 4.24. The fraction of sp³-hybridized carbons (Fsp3) is 0.700. The van der Waals surface area contributed by atoms with Crippen LogP contribution in [0.15, 0.2) is 18.2 Å². The zero-order valence-corrected chi connectivity index (χ0v) is 15.4. The second-order valence-corrected chi connectivity index (χ2v) is 7.51. The van der Waals surface area contributed by atoms with Crippen molar-refractivity contribution in [3.8, 4) is 5.75 Å². The van der Waals surface area contributed by atoms with Crippen molar-refractivity contribution in [2.75, 3.05) is 6.61 Å². The van der Waals surface area contributed by atoms with Crippen LogP contribution in [0.3, 0.4) is 0 Å². The minimum Gasteiger partial charge on any atom is -0.493 e. The molecule has 0 aliphatic heterocycles. The van der Waals surface area contributed by atoms with E-state index in [9.17, 15) is 0 Å². The normalized spacial score (nSPS) is 14.7. The van der Waals surface area contributed by atoms with Crippen LogP contribution < -0.4 is 10.5 Å². The Hall–Kier alpha value is -1.02. The van der Waals surface area contributed by atoms with Gasteiger partial charge in [0, 0.05) is 6.04 Å². The van der Waals surface area contributed by atoms with Crippen molar-refractivity contribution in [1.82, 2.24) is 0 Å². The summed E-state index contributed by atoms with van der Waals surface area (Å²) in [6, 6.07) is 7.01. The maximum Gasteiger partial charge on any atom is 0.122 e. The van der Waals surface area contributed by atoms with E-state index in [4.69, 9.17) is 10.5 Å². The van der Waals surface area contributed by atoms with Crippen molar-refractivity contribution in [2.24, 2.45) is 5.73 Å². The minimum atomic E-state index is 0.164. The lowest BCUT2D eigenvalue weighted by atomic mass is 9.82. The predicted molar refractivity (Wildman–Crippen MR) is 96.8 cm³/mol. The summed E-state index contributed by atoms with van der Waals surface area (Å²) in [5.74, 6) is 1.59. The van der Waals surface area contributed by atoms with Gasteiger partial charge in [-0.25, -0.2) is 0 Å². The molecule has 0 amide bonds. The van der Waals surface area contributed by atoms with Gasteiger partial charge in [0.05, 0.1) is 6.61 Å². The van der Waals surface area contributed by atoms with Crippen LogP contribution in [0, 0.1) is 0 Å². The fourth-order valence-electron chi connectivity index (χ4n) is 2.72. The molecule has 1 aromatic rings. The molecule has 2 heteroatoms. The standard InChI is InChI=1S/C20H35NO/c1-7-13-22-19-12-11-17(20(4,5)6)14-18(19)16(8-2)10-9-15(3)21/h11-12,14-16H,7-10,13,21H2,1-6H3.